The van der Waals surface area contributed by atoms with E-state index in [0.717, 1.165) is 29.9 Å². The third-order valence-electron chi connectivity index (χ3n) is 10.5. The smallest absolute Gasteiger partial charge is 0.293 e. The van der Waals surface area contributed by atoms with Crippen molar-refractivity contribution in [3.63, 3.8) is 0 Å². The molecule has 0 saturated heterocycles. The number of benzene rings is 2. The molecule has 1 saturated carbocycles. The maximum Gasteiger partial charge on any atom is 0.293 e. The molecule has 3 atom stereocenters. The Bertz CT molecular complexity index is 2970. The van der Waals surface area contributed by atoms with Crippen molar-refractivity contribution in [2.75, 3.05) is 22.8 Å². The highest BCUT2D eigenvalue weighted by Gasteiger charge is 2.67. The molecule has 0 bridgehead atoms. The van der Waals surface area contributed by atoms with E-state index in [0.29, 0.717) is 10.7 Å². The van der Waals surface area contributed by atoms with Gasteiger partial charge in [-0.3, -0.25) is 28.2 Å². The first-order chi connectivity index (χ1) is 29.0. The largest absolute Gasteiger partial charge is 0.370 e. The van der Waals surface area contributed by atoms with Crippen LogP contribution in [-0.4, -0.2) is 67.1 Å². The molecule has 1 fully saturated rings. The molecule has 1 unspecified atom stereocenters. The predicted octanol–water partition coefficient (Wildman–Crippen LogP) is 6.87. The minimum Gasteiger partial charge on any atom is -0.370 e. The Kier molecular flexibility index (Phi) is 10.5. The van der Waals surface area contributed by atoms with Crippen molar-refractivity contribution in [2.45, 2.75) is 63.0 Å². The van der Waals surface area contributed by atoms with Gasteiger partial charge in [-0.1, -0.05) is 11.6 Å². The minimum atomic E-state index is -3.95. The average molecular weight is 913 g/mol. The van der Waals surface area contributed by atoms with E-state index in [-0.39, 0.29) is 68.4 Å². The second-order valence-corrected chi connectivity index (χ2v) is 17.5. The number of rotatable bonds is 14. The number of halogens is 9. The molecular formula is C38H33ClF8N10O4S. The molecule has 0 radical (unpaired) electrons. The molecule has 2 aromatic carbocycles. The number of amides is 1. The number of aryl methyl sites for hydroxylation is 1. The summed E-state index contributed by atoms with van der Waals surface area (Å²) in [5.74, 6) is -12.6. The van der Waals surface area contributed by atoms with Crippen molar-refractivity contribution in [2.24, 2.45) is 13.0 Å². The summed E-state index contributed by atoms with van der Waals surface area (Å²) in [4.78, 5) is 37.8. The summed E-state index contributed by atoms with van der Waals surface area (Å²) in [6.07, 6.45) is -3.55. The molecule has 8 rings (SSSR count). The normalized spacial score (nSPS) is 17.4. The maximum absolute atomic E-state index is 15.5. The van der Waals surface area contributed by atoms with Crippen LogP contribution in [0.1, 0.15) is 66.5 Å². The number of nitrogens with one attached hydrogen (secondary N) is 3. The van der Waals surface area contributed by atoms with Crippen LogP contribution in [0.2, 0.25) is 5.02 Å². The Hall–Kier alpha value is -5.84. The summed E-state index contributed by atoms with van der Waals surface area (Å²) in [6, 6.07) is 6.05. The van der Waals surface area contributed by atoms with Crippen LogP contribution in [0.3, 0.4) is 0 Å². The third-order valence-corrected chi connectivity index (χ3v) is 11.4. The van der Waals surface area contributed by atoms with Gasteiger partial charge in [0.15, 0.2) is 11.5 Å². The van der Waals surface area contributed by atoms with E-state index in [1.807, 2.05) is 0 Å². The van der Waals surface area contributed by atoms with E-state index in [9.17, 15) is 44.3 Å². The van der Waals surface area contributed by atoms with Gasteiger partial charge < -0.3 is 10.6 Å². The molecule has 0 spiro atoms. The van der Waals surface area contributed by atoms with E-state index in [1.54, 1.807) is 0 Å². The Balaban J connectivity index is 1.32. The van der Waals surface area contributed by atoms with Gasteiger partial charge in [-0.15, -0.1) is 0 Å². The van der Waals surface area contributed by atoms with E-state index in [1.165, 1.54) is 36.0 Å². The molecular weight excluding hydrogens is 880 g/mol. The first-order valence-corrected chi connectivity index (χ1v) is 21.0. The molecule has 24 heteroatoms. The van der Waals surface area contributed by atoms with Crippen molar-refractivity contribution >= 4 is 61.1 Å². The topological polar surface area (TPSA) is 171 Å². The summed E-state index contributed by atoms with van der Waals surface area (Å²) in [5, 5.41) is 13.0. The third kappa shape index (κ3) is 8.02. The van der Waals surface area contributed by atoms with Crippen LogP contribution in [0.25, 0.3) is 27.6 Å². The van der Waals surface area contributed by atoms with Crippen molar-refractivity contribution in [3.8, 4) is 5.69 Å². The summed E-state index contributed by atoms with van der Waals surface area (Å²) in [6.45, 7) is -0.579. The van der Waals surface area contributed by atoms with Gasteiger partial charge in [-0.25, -0.2) is 44.7 Å². The Morgan fingerprint density at radius 1 is 1.06 bits per heavy atom. The number of nitrogens with zero attached hydrogens (tertiary/aromatic N) is 7. The van der Waals surface area contributed by atoms with Gasteiger partial charge >= 0.3 is 0 Å². The summed E-state index contributed by atoms with van der Waals surface area (Å²) in [7, 11) is -2.55. The molecule has 62 heavy (non-hydrogen) atoms. The molecule has 6 aromatic rings. The monoisotopic (exact) mass is 912 g/mol. The number of aromatic nitrogens is 7. The summed E-state index contributed by atoms with van der Waals surface area (Å²) < 4.78 is 145. The van der Waals surface area contributed by atoms with Crippen molar-refractivity contribution in [1.29, 1.82) is 0 Å². The zero-order valence-electron chi connectivity index (χ0n) is 32.5. The lowest BCUT2D eigenvalue weighted by molar-refractivity contribution is -0.123. The average Bonchev–Trinajstić information content (AvgIpc) is 3.69. The first kappa shape index (κ1) is 42.8. The summed E-state index contributed by atoms with van der Waals surface area (Å²) >= 11 is 6.57. The molecule has 4 heterocycles. The van der Waals surface area contributed by atoms with Crippen LogP contribution in [0.4, 0.5) is 46.8 Å². The highest BCUT2D eigenvalue weighted by atomic mass is 35.5. The highest BCUT2D eigenvalue weighted by molar-refractivity contribution is 7.92. The fraction of sp³-hybridized carbons (Fsp3) is 0.368. The molecule has 0 aliphatic heterocycles. The van der Waals surface area contributed by atoms with Crippen LogP contribution in [0.5, 0.6) is 0 Å². The van der Waals surface area contributed by atoms with Gasteiger partial charge in [-0.2, -0.15) is 19.0 Å². The number of carbonyl (C=O) groups is 1. The molecule has 2 aliphatic carbocycles. The van der Waals surface area contributed by atoms with Crippen molar-refractivity contribution in [3.05, 3.63) is 97.8 Å². The predicted molar refractivity (Wildman–Crippen MR) is 209 cm³/mol. The first-order valence-electron chi connectivity index (χ1n) is 18.7. The zero-order chi connectivity index (χ0) is 44.8. The van der Waals surface area contributed by atoms with Gasteiger partial charge in [-0.05, 0) is 61.2 Å². The summed E-state index contributed by atoms with van der Waals surface area (Å²) in [5.41, 5.74) is -3.39. The molecule has 14 nitrogen and oxygen atoms in total. The highest BCUT2D eigenvalue weighted by Crippen LogP contribution is 2.68. The van der Waals surface area contributed by atoms with Gasteiger partial charge in [0.1, 0.15) is 41.2 Å². The molecule has 328 valence electrons. The number of sulfonamides is 1. The Morgan fingerprint density at radius 2 is 1.77 bits per heavy atom. The van der Waals surface area contributed by atoms with Gasteiger partial charge in [0.2, 0.25) is 21.9 Å². The maximum atomic E-state index is 15.5. The molecule has 3 N–H and O–H groups in total. The minimum absolute atomic E-state index is 0.00324. The van der Waals surface area contributed by atoms with Crippen LogP contribution < -0.4 is 20.9 Å². The number of alkyl halides is 6. The fourth-order valence-electron chi connectivity index (χ4n) is 7.97. The molecule has 1 amide bonds. The second kappa shape index (κ2) is 15.2. The van der Waals surface area contributed by atoms with Crippen molar-refractivity contribution < 1.29 is 48.3 Å². The van der Waals surface area contributed by atoms with Gasteiger partial charge in [0.05, 0.1) is 39.3 Å². The zero-order valence-corrected chi connectivity index (χ0v) is 34.0. The van der Waals surface area contributed by atoms with Gasteiger partial charge in [0.25, 0.3) is 17.9 Å². The van der Waals surface area contributed by atoms with Crippen LogP contribution in [0.15, 0.2) is 47.3 Å². The van der Waals surface area contributed by atoms with Crippen LogP contribution in [0, 0.1) is 17.6 Å². The van der Waals surface area contributed by atoms with Crippen molar-refractivity contribution in [1.82, 2.24) is 39.4 Å². The van der Waals surface area contributed by atoms with E-state index in [2.05, 4.69) is 35.5 Å². The van der Waals surface area contributed by atoms with E-state index in [4.69, 9.17) is 11.6 Å². The number of carbonyl (C=O) groups excluding carboxylic acids is 1. The Labute approximate surface area is 350 Å². The number of hydrogen-bond acceptors (Lipinski definition) is 9. The lowest BCUT2D eigenvalue weighted by Crippen LogP contribution is -2.38. The lowest BCUT2D eigenvalue weighted by atomic mass is 10.0. The van der Waals surface area contributed by atoms with E-state index >= 15 is 8.78 Å². The number of pyridine rings is 1. The Morgan fingerprint density at radius 3 is 2.44 bits per heavy atom. The number of fused-ring (bicyclic) bond motifs is 5. The standard InChI is InChI=1S/C38H33ClF8N10O4S/c1-37(44,45)8-9-48-25-7-4-19-33(50-25)51-35(57(36(19)59)24-6-5-22(39)28-30(24)55(2)53-34(28)54-62(3,60)61)23(12-16-10-17(40)13-18(41)11-16)49-26(58)15-56-31-27(29(52-56)32(42)43)20-14-21(20)38(31,46)47/h4-7,10-11,13,20-21,23,32H,8-9,12,14-15H2,1-3H3,(H,48,50)(H,49,58)(H,53,54)/t20-,21+,23?/m0/s1. The number of hydrogen-bond donors (Lipinski definition) is 3. The molecule has 2 aliphatic rings. The van der Waals surface area contributed by atoms with Crippen LogP contribution >= 0.6 is 11.6 Å². The van der Waals surface area contributed by atoms with Gasteiger partial charge in [0, 0.05) is 44.0 Å². The van der Waals surface area contributed by atoms with Crippen LogP contribution in [-0.2, 0) is 40.8 Å². The second-order valence-electron chi connectivity index (χ2n) is 15.3. The number of anilines is 2. The fourth-order valence-corrected chi connectivity index (χ4v) is 8.71. The lowest BCUT2D eigenvalue weighted by Gasteiger charge is -2.24. The SMILES string of the molecule is Cn1nc(NS(C)(=O)=O)c2c(Cl)ccc(-n3c(C(Cc4cc(F)cc(F)c4)NC(=O)Cn4nc(C(F)F)c5c4C(F)(F)[C@@H]4C[C@H]54)nc4nc(NCCC(C)(F)F)ccc4c3=O)c21. The van der Waals surface area contributed by atoms with E-state index < -0.39 is 106 Å². The quantitative estimate of drug-likeness (QED) is 0.0988. The molecule has 4 aromatic heterocycles.